The van der Waals surface area contributed by atoms with E-state index in [-0.39, 0.29) is 11.6 Å². The SMILES string of the molecule is Fc1ccc(-c2nc(-c3ccccc3)c(-c3ccc(F)cc3)s2)cc1. The highest BCUT2D eigenvalue weighted by Crippen LogP contribution is 2.40. The van der Waals surface area contributed by atoms with E-state index in [1.54, 1.807) is 24.3 Å². The lowest BCUT2D eigenvalue weighted by Gasteiger charge is -2.02. The standard InChI is InChI=1S/C21H13F2NS/c22-17-10-6-15(7-11-17)20-19(14-4-2-1-3-5-14)24-21(25-20)16-8-12-18(23)13-9-16/h1-13H. The summed E-state index contributed by atoms with van der Waals surface area (Å²) in [7, 11) is 0. The van der Waals surface area contributed by atoms with Gasteiger partial charge < -0.3 is 0 Å². The molecule has 0 bridgehead atoms. The largest absolute Gasteiger partial charge is 0.235 e. The van der Waals surface area contributed by atoms with E-state index in [1.165, 1.54) is 35.6 Å². The quantitative estimate of drug-likeness (QED) is 0.416. The monoisotopic (exact) mass is 349 g/mol. The van der Waals surface area contributed by atoms with Crippen molar-refractivity contribution < 1.29 is 8.78 Å². The molecule has 1 heterocycles. The maximum atomic E-state index is 13.3. The van der Waals surface area contributed by atoms with Crippen LogP contribution in [0.4, 0.5) is 8.78 Å². The zero-order valence-electron chi connectivity index (χ0n) is 13.1. The predicted molar refractivity (Wildman–Crippen MR) is 98.3 cm³/mol. The van der Waals surface area contributed by atoms with Crippen LogP contribution in [-0.2, 0) is 0 Å². The lowest BCUT2D eigenvalue weighted by Crippen LogP contribution is -1.83. The first-order valence-corrected chi connectivity index (χ1v) is 8.60. The molecule has 0 N–H and O–H groups in total. The first-order valence-electron chi connectivity index (χ1n) is 7.79. The van der Waals surface area contributed by atoms with Crippen molar-refractivity contribution in [3.05, 3.63) is 90.5 Å². The Morgan fingerprint density at radius 3 is 1.76 bits per heavy atom. The molecule has 0 aliphatic carbocycles. The van der Waals surface area contributed by atoms with Crippen molar-refractivity contribution >= 4 is 11.3 Å². The number of nitrogens with zero attached hydrogens (tertiary/aromatic N) is 1. The van der Waals surface area contributed by atoms with Crippen molar-refractivity contribution in [2.24, 2.45) is 0 Å². The summed E-state index contributed by atoms with van der Waals surface area (Å²) in [6.45, 7) is 0. The van der Waals surface area contributed by atoms with Gasteiger partial charge in [0, 0.05) is 11.1 Å². The first kappa shape index (κ1) is 15.7. The molecule has 0 unspecified atom stereocenters. The third-order valence-corrected chi connectivity index (χ3v) is 5.03. The Morgan fingerprint density at radius 1 is 0.600 bits per heavy atom. The second-order valence-electron chi connectivity index (χ2n) is 5.58. The van der Waals surface area contributed by atoms with E-state index in [9.17, 15) is 8.78 Å². The Bertz CT molecular complexity index is 991. The van der Waals surface area contributed by atoms with Gasteiger partial charge in [-0.2, -0.15) is 0 Å². The molecule has 0 atom stereocenters. The van der Waals surface area contributed by atoms with Crippen LogP contribution in [0.1, 0.15) is 0 Å². The molecule has 0 saturated carbocycles. The van der Waals surface area contributed by atoms with Crippen molar-refractivity contribution in [2.75, 3.05) is 0 Å². The molecule has 0 aliphatic rings. The molecule has 0 aliphatic heterocycles. The molecule has 4 heteroatoms. The number of halogens is 2. The van der Waals surface area contributed by atoms with Crippen LogP contribution in [0.25, 0.3) is 32.3 Å². The fourth-order valence-corrected chi connectivity index (χ4v) is 3.72. The minimum absolute atomic E-state index is 0.270. The lowest BCUT2D eigenvalue weighted by atomic mass is 10.1. The van der Waals surface area contributed by atoms with Crippen LogP contribution in [0.2, 0.25) is 0 Å². The fourth-order valence-electron chi connectivity index (χ4n) is 2.62. The fraction of sp³-hybridized carbons (Fsp3) is 0. The van der Waals surface area contributed by atoms with Gasteiger partial charge in [-0.25, -0.2) is 13.8 Å². The maximum absolute atomic E-state index is 13.3. The molecular formula is C21H13F2NS. The summed E-state index contributed by atoms with van der Waals surface area (Å²) in [5.74, 6) is -0.546. The lowest BCUT2D eigenvalue weighted by molar-refractivity contribution is 0.627. The van der Waals surface area contributed by atoms with E-state index in [4.69, 9.17) is 4.98 Å². The van der Waals surface area contributed by atoms with Crippen molar-refractivity contribution in [3.8, 4) is 32.3 Å². The van der Waals surface area contributed by atoms with E-state index >= 15 is 0 Å². The predicted octanol–water partition coefficient (Wildman–Crippen LogP) is 6.42. The van der Waals surface area contributed by atoms with E-state index in [2.05, 4.69) is 0 Å². The van der Waals surface area contributed by atoms with Gasteiger partial charge in [0.05, 0.1) is 10.6 Å². The van der Waals surface area contributed by atoms with Crippen LogP contribution >= 0.6 is 11.3 Å². The van der Waals surface area contributed by atoms with Gasteiger partial charge in [0.25, 0.3) is 0 Å². The molecule has 0 spiro atoms. The van der Waals surface area contributed by atoms with Crippen LogP contribution in [0.5, 0.6) is 0 Å². The van der Waals surface area contributed by atoms with Crippen molar-refractivity contribution in [1.29, 1.82) is 0 Å². The van der Waals surface area contributed by atoms with Gasteiger partial charge >= 0.3 is 0 Å². The maximum Gasteiger partial charge on any atom is 0.124 e. The van der Waals surface area contributed by atoms with Gasteiger partial charge in [-0.3, -0.25) is 0 Å². The van der Waals surface area contributed by atoms with Crippen molar-refractivity contribution in [1.82, 2.24) is 4.98 Å². The second-order valence-corrected chi connectivity index (χ2v) is 6.58. The molecular weight excluding hydrogens is 336 g/mol. The van der Waals surface area contributed by atoms with Crippen molar-refractivity contribution in [3.63, 3.8) is 0 Å². The van der Waals surface area contributed by atoms with E-state index in [0.29, 0.717) is 0 Å². The van der Waals surface area contributed by atoms with Gasteiger partial charge in [0.1, 0.15) is 16.6 Å². The van der Waals surface area contributed by atoms with Crippen LogP contribution in [0, 0.1) is 11.6 Å². The normalized spacial score (nSPS) is 10.8. The summed E-state index contributed by atoms with van der Waals surface area (Å²) >= 11 is 1.52. The highest BCUT2D eigenvalue weighted by Gasteiger charge is 2.16. The molecule has 122 valence electrons. The first-order chi connectivity index (χ1) is 12.2. The van der Waals surface area contributed by atoms with Crippen LogP contribution in [-0.4, -0.2) is 4.98 Å². The van der Waals surface area contributed by atoms with Crippen LogP contribution < -0.4 is 0 Å². The highest BCUT2D eigenvalue weighted by molar-refractivity contribution is 7.19. The number of thiazole rings is 1. The third kappa shape index (κ3) is 3.21. The van der Waals surface area contributed by atoms with E-state index in [0.717, 1.165) is 32.3 Å². The second kappa shape index (κ2) is 6.57. The van der Waals surface area contributed by atoms with Gasteiger partial charge in [-0.15, -0.1) is 11.3 Å². The average Bonchev–Trinajstić information content (AvgIpc) is 3.09. The van der Waals surface area contributed by atoms with E-state index in [1.807, 2.05) is 30.3 Å². The molecule has 0 radical (unpaired) electrons. The van der Waals surface area contributed by atoms with Gasteiger partial charge in [0.15, 0.2) is 0 Å². The Morgan fingerprint density at radius 2 is 1.16 bits per heavy atom. The molecule has 1 aromatic heterocycles. The van der Waals surface area contributed by atoms with Gasteiger partial charge in [0.2, 0.25) is 0 Å². The third-order valence-electron chi connectivity index (χ3n) is 3.87. The molecule has 4 aromatic rings. The summed E-state index contributed by atoms with van der Waals surface area (Å²) in [4.78, 5) is 5.74. The summed E-state index contributed by atoms with van der Waals surface area (Å²) in [5.41, 5.74) is 3.60. The molecule has 0 fully saturated rings. The van der Waals surface area contributed by atoms with Crippen LogP contribution in [0.3, 0.4) is 0 Å². The zero-order valence-corrected chi connectivity index (χ0v) is 13.9. The minimum atomic E-state index is -0.276. The average molecular weight is 349 g/mol. The summed E-state index contributed by atoms with van der Waals surface area (Å²) in [5, 5.41) is 0.804. The topological polar surface area (TPSA) is 12.9 Å². The number of aromatic nitrogens is 1. The summed E-state index contributed by atoms with van der Waals surface area (Å²) in [6.07, 6.45) is 0. The van der Waals surface area contributed by atoms with E-state index < -0.39 is 0 Å². The Hall–Kier alpha value is -2.85. The molecule has 4 rings (SSSR count). The Kier molecular flexibility index (Phi) is 4.12. The minimum Gasteiger partial charge on any atom is -0.235 e. The molecule has 1 nitrogen and oxygen atoms in total. The summed E-state index contributed by atoms with van der Waals surface area (Å²) in [6, 6.07) is 22.6. The number of rotatable bonds is 3. The molecule has 25 heavy (non-hydrogen) atoms. The smallest absolute Gasteiger partial charge is 0.124 e. The number of hydrogen-bond acceptors (Lipinski definition) is 2. The number of benzene rings is 3. The molecule has 0 saturated heterocycles. The Balaban J connectivity index is 1.89. The summed E-state index contributed by atoms with van der Waals surface area (Å²) < 4.78 is 26.5. The molecule has 3 aromatic carbocycles. The van der Waals surface area contributed by atoms with Gasteiger partial charge in [-0.1, -0.05) is 42.5 Å². The zero-order chi connectivity index (χ0) is 17.2. The molecule has 0 amide bonds. The Labute approximate surface area is 148 Å². The van der Waals surface area contributed by atoms with Gasteiger partial charge in [-0.05, 0) is 42.0 Å². The van der Waals surface area contributed by atoms with Crippen LogP contribution in [0.15, 0.2) is 78.9 Å². The number of hydrogen-bond donors (Lipinski definition) is 0. The highest BCUT2D eigenvalue weighted by atomic mass is 32.1. The van der Waals surface area contributed by atoms with Crippen molar-refractivity contribution in [2.45, 2.75) is 0 Å².